The molecule has 0 aromatic carbocycles. The Morgan fingerprint density at radius 2 is 1.75 bits per heavy atom. The third-order valence-electron chi connectivity index (χ3n) is 3.95. The van der Waals surface area contributed by atoms with E-state index >= 15 is 0 Å². The van der Waals surface area contributed by atoms with Crippen LogP contribution >= 0.6 is 0 Å². The number of piperazine rings is 1. The minimum Gasteiger partial charge on any atom is -0.423 e. The Hall–Kier alpha value is -1.11. The van der Waals surface area contributed by atoms with Crippen LogP contribution in [0.2, 0.25) is 0 Å². The quantitative estimate of drug-likeness (QED) is 0.745. The molecule has 0 unspecified atom stereocenters. The molecule has 1 aromatic heterocycles. The third-order valence-corrected chi connectivity index (χ3v) is 3.95. The molecule has 0 aliphatic carbocycles. The van der Waals surface area contributed by atoms with E-state index < -0.39 is 7.12 Å². The zero-order valence-corrected chi connectivity index (χ0v) is 12.8. The first-order valence-electron chi connectivity index (χ1n) is 7.12. The Labute approximate surface area is 121 Å². The molecule has 1 aliphatic rings. The monoisotopic (exact) mass is 277 g/mol. The number of anilines is 1. The first-order chi connectivity index (χ1) is 9.29. The second-order valence-corrected chi connectivity index (χ2v) is 6.39. The predicted molar refractivity (Wildman–Crippen MR) is 82.3 cm³/mol. The summed E-state index contributed by atoms with van der Waals surface area (Å²) in [6, 6.07) is 1.83. The van der Waals surface area contributed by atoms with Crippen LogP contribution in [0.4, 0.5) is 5.69 Å². The lowest BCUT2D eigenvalue weighted by Gasteiger charge is -2.43. The minimum atomic E-state index is -1.46. The second-order valence-electron chi connectivity index (χ2n) is 6.39. The van der Waals surface area contributed by atoms with Crippen molar-refractivity contribution in [1.82, 2.24) is 9.88 Å². The fraction of sp³-hybridized carbons (Fsp3) is 0.643. The lowest BCUT2D eigenvalue weighted by molar-refractivity contribution is 0.128. The largest absolute Gasteiger partial charge is 0.490 e. The summed E-state index contributed by atoms with van der Waals surface area (Å²) in [5, 5.41) is 18.5. The molecule has 5 nitrogen and oxygen atoms in total. The highest BCUT2D eigenvalue weighted by Gasteiger charge is 2.27. The average Bonchev–Trinajstić information content (AvgIpc) is 2.38. The normalized spacial score (nSPS) is 17.4. The van der Waals surface area contributed by atoms with Crippen molar-refractivity contribution in [3.63, 3.8) is 0 Å². The van der Waals surface area contributed by atoms with Gasteiger partial charge in [-0.25, -0.2) is 0 Å². The van der Waals surface area contributed by atoms with E-state index in [2.05, 4.69) is 35.6 Å². The molecule has 0 saturated carbocycles. The summed E-state index contributed by atoms with van der Waals surface area (Å²) >= 11 is 0. The highest BCUT2D eigenvalue weighted by molar-refractivity contribution is 6.58. The van der Waals surface area contributed by atoms with Crippen molar-refractivity contribution in [1.29, 1.82) is 0 Å². The van der Waals surface area contributed by atoms with Crippen molar-refractivity contribution in [2.75, 3.05) is 31.1 Å². The van der Waals surface area contributed by atoms with Crippen molar-refractivity contribution < 1.29 is 10.0 Å². The molecule has 0 atom stereocenters. The molecule has 1 aliphatic heterocycles. The van der Waals surface area contributed by atoms with Crippen LogP contribution in [0.15, 0.2) is 12.3 Å². The van der Waals surface area contributed by atoms with E-state index in [9.17, 15) is 10.0 Å². The summed E-state index contributed by atoms with van der Waals surface area (Å²) in [7, 11) is -1.46. The van der Waals surface area contributed by atoms with Crippen LogP contribution in [0.3, 0.4) is 0 Å². The van der Waals surface area contributed by atoms with Gasteiger partial charge in [0.2, 0.25) is 0 Å². The highest BCUT2D eigenvalue weighted by atomic mass is 16.4. The molecule has 6 heteroatoms. The van der Waals surface area contributed by atoms with Gasteiger partial charge in [-0.2, -0.15) is 0 Å². The van der Waals surface area contributed by atoms with Gasteiger partial charge >= 0.3 is 7.12 Å². The summed E-state index contributed by atoms with van der Waals surface area (Å²) in [6.45, 7) is 12.5. The third kappa shape index (κ3) is 3.31. The number of hydrogen-bond donors (Lipinski definition) is 2. The van der Waals surface area contributed by atoms with Gasteiger partial charge in [-0.1, -0.05) is 0 Å². The number of nitrogens with zero attached hydrogens (tertiary/aromatic N) is 3. The van der Waals surface area contributed by atoms with Gasteiger partial charge in [0, 0.05) is 43.4 Å². The van der Waals surface area contributed by atoms with Gasteiger partial charge in [0.15, 0.2) is 0 Å². The SMILES string of the molecule is Cc1ncc(B(O)O)cc1N1CCN(C(C)(C)C)CC1. The zero-order valence-electron chi connectivity index (χ0n) is 12.8. The molecule has 1 aromatic rings. The van der Waals surface area contributed by atoms with Crippen LogP contribution in [0.1, 0.15) is 26.5 Å². The van der Waals surface area contributed by atoms with E-state index in [-0.39, 0.29) is 5.54 Å². The molecule has 0 bridgehead atoms. The van der Waals surface area contributed by atoms with Crippen LogP contribution in [-0.4, -0.2) is 58.8 Å². The van der Waals surface area contributed by atoms with Gasteiger partial charge in [0.25, 0.3) is 0 Å². The molecular formula is C14H24BN3O2. The first-order valence-corrected chi connectivity index (χ1v) is 7.12. The zero-order chi connectivity index (χ0) is 14.9. The molecule has 20 heavy (non-hydrogen) atoms. The fourth-order valence-corrected chi connectivity index (χ4v) is 2.62. The van der Waals surface area contributed by atoms with Crippen molar-refractivity contribution in [2.45, 2.75) is 33.2 Å². The van der Waals surface area contributed by atoms with Crippen molar-refractivity contribution in [2.24, 2.45) is 0 Å². The van der Waals surface area contributed by atoms with Gasteiger partial charge in [-0.3, -0.25) is 9.88 Å². The smallest absolute Gasteiger partial charge is 0.423 e. The van der Waals surface area contributed by atoms with E-state index in [0.29, 0.717) is 5.46 Å². The molecule has 110 valence electrons. The number of rotatable bonds is 2. The lowest BCUT2D eigenvalue weighted by atomic mass is 9.81. The molecule has 0 radical (unpaired) electrons. The van der Waals surface area contributed by atoms with Crippen molar-refractivity contribution in [3.05, 3.63) is 18.0 Å². The Morgan fingerprint density at radius 3 is 2.25 bits per heavy atom. The number of aryl methyl sites for hydroxylation is 1. The number of aromatic nitrogens is 1. The summed E-state index contributed by atoms with van der Waals surface area (Å²) in [5.74, 6) is 0. The lowest BCUT2D eigenvalue weighted by Crippen LogP contribution is -2.53. The molecule has 1 fully saturated rings. The van der Waals surface area contributed by atoms with E-state index in [1.54, 1.807) is 0 Å². The Bertz CT molecular complexity index is 466. The number of pyridine rings is 1. The van der Waals surface area contributed by atoms with Crippen molar-refractivity contribution >= 4 is 18.3 Å². The molecule has 2 rings (SSSR count). The average molecular weight is 277 g/mol. The molecule has 1 saturated heterocycles. The van der Waals surface area contributed by atoms with Gasteiger partial charge in [-0.05, 0) is 33.8 Å². The minimum absolute atomic E-state index is 0.197. The fourth-order valence-electron chi connectivity index (χ4n) is 2.62. The standard InChI is InChI=1S/C14H24BN3O2/c1-11-13(9-12(10-16-11)15(19)20)17-5-7-18(8-6-17)14(2,3)4/h9-10,19-20H,5-8H2,1-4H3. The van der Waals surface area contributed by atoms with Gasteiger partial charge in [0.05, 0.1) is 11.4 Å². The van der Waals surface area contributed by atoms with E-state index in [0.717, 1.165) is 37.6 Å². The van der Waals surface area contributed by atoms with Crippen LogP contribution < -0.4 is 10.4 Å². The first kappa shape index (κ1) is 15.3. The second kappa shape index (κ2) is 5.72. The van der Waals surface area contributed by atoms with Crippen molar-refractivity contribution in [3.8, 4) is 0 Å². The number of hydrogen-bond acceptors (Lipinski definition) is 5. The summed E-state index contributed by atoms with van der Waals surface area (Å²) < 4.78 is 0. The molecule has 2 N–H and O–H groups in total. The maximum absolute atomic E-state index is 9.27. The van der Waals surface area contributed by atoms with Crippen LogP contribution in [0.25, 0.3) is 0 Å². The summed E-state index contributed by atoms with van der Waals surface area (Å²) in [4.78, 5) is 9.01. The van der Waals surface area contributed by atoms with Gasteiger partial charge in [-0.15, -0.1) is 0 Å². The molecular weight excluding hydrogens is 253 g/mol. The van der Waals surface area contributed by atoms with E-state index in [1.807, 2.05) is 13.0 Å². The molecule has 0 amide bonds. The maximum atomic E-state index is 9.27. The maximum Gasteiger partial charge on any atom is 0.490 e. The summed E-state index contributed by atoms with van der Waals surface area (Å²) in [6.07, 6.45) is 1.52. The van der Waals surface area contributed by atoms with Crippen LogP contribution in [0, 0.1) is 6.92 Å². The Balaban J connectivity index is 2.12. The van der Waals surface area contributed by atoms with E-state index in [1.165, 1.54) is 6.20 Å². The Kier molecular flexibility index (Phi) is 4.37. The van der Waals surface area contributed by atoms with Crippen LogP contribution in [-0.2, 0) is 0 Å². The van der Waals surface area contributed by atoms with Gasteiger partial charge < -0.3 is 14.9 Å². The van der Waals surface area contributed by atoms with Gasteiger partial charge in [0.1, 0.15) is 0 Å². The van der Waals surface area contributed by atoms with E-state index in [4.69, 9.17) is 0 Å². The highest BCUT2D eigenvalue weighted by Crippen LogP contribution is 2.21. The topological polar surface area (TPSA) is 59.8 Å². The predicted octanol–water partition coefficient (Wildman–Crippen LogP) is -0.00968. The molecule has 0 spiro atoms. The molecule has 2 heterocycles. The summed E-state index contributed by atoms with van der Waals surface area (Å²) in [5.41, 5.74) is 2.58. The van der Waals surface area contributed by atoms with Crippen LogP contribution in [0.5, 0.6) is 0 Å². The Morgan fingerprint density at radius 1 is 1.15 bits per heavy atom.